The number of sulfonamides is 1. The average Bonchev–Trinajstić information content (AvgIpc) is 3.65. The standard InChI is InChI=1S/C27H29FN8O3S/c28-24-14-20(12-13-29-24)33-27(37)23-16-30-26-22(31-17-6-7-17)15-25(34-36(23)26)32-18-8-10-19(11-9-18)35-40(38,39)21-4-2-1-3-5-21/h1-5,12-19,31,35H,6-11H2,(H,32,34)(H,29,33,37). The third kappa shape index (κ3) is 5.89. The summed E-state index contributed by atoms with van der Waals surface area (Å²) in [6.07, 6.45) is 7.69. The van der Waals surface area contributed by atoms with Gasteiger partial charge >= 0.3 is 0 Å². The average molecular weight is 565 g/mol. The summed E-state index contributed by atoms with van der Waals surface area (Å²) in [6.45, 7) is 0. The van der Waals surface area contributed by atoms with Crippen molar-refractivity contribution >= 4 is 38.8 Å². The van der Waals surface area contributed by atoms with Crippen LogP contribution in [0.4, 0.5) is 21.6 Å². The van der Waals surface area contributed by atoms with Crippen molar-refractivity contribution in [3.8, 4) is 0 Å². The van der Waals surface area contributed by atoms with E-state index in [1.807, 2.05) is 6.07 Å². The molecule has 2 aliphatic carbocycles. The molecule has 0 aliphatic heterocycles. The lowest BCUT2D eigenvalue weighted by atomic mass is 9.92. The Morgan fingerprint density at radius 3 is 2.33 bits per heavy atom. The van der Waals surface area contributed by atoms with E-state index in [0.29, 0.717) is 30.3 Å². The second-order valence-electron chi connectivity index (χ2n) is 10.2. The van der Waals surface area contributed by atoms with Crippen molar-refractivity contribution < 1.29 is 17.6 Å². The van der Waals surface area contributed by atoms with Gasteiger partial charge in [-0.2, -0.15) is 4.39 Å². The smallest absolute Gasteiger partial charge is 0.276 e. The fourth-order valence-corrected chi connectivity index (χ4v) is 6.20. The van der Waals surface area contributed by atoms with Crippen molar-refractivity contribution in [2.24, 2.45) is 0 Å². The summed E-state index contributed by atoms with van der Waals surface area (Å²) in [6, 6.07) is 13.2. The van der Waals surface area contributed by atoms with Crippen LogP contribution in [0.1, 0.15) is 49.0 Å². The van der Waals surface area contributed by atoms with Gasteiger partial charge in [-0.05, 0) is 56.7 Å². The molecule has 2 saturated carbocycles. The molecule has 6 rings (SSSR count). The third-order valence-electron chi connectivity index (χ3n) is 7.08. The first kappa shape index (κ1) is 26.1. The molecular weight excluding hydrogens is 535 g/mol. The Labute approximate surface area is 230 Å². The van der Waals surface area contributed by atoms with Crippen molar-refractivity contribution in [1.82, 2.24) is 24.3 Å². The molecule has 1 aromatic carbocycles. The first-order chi connectivity index (χ1) is 19.3. The topological polar surface area (TPSA) is 142 Å². The second kappa shape index (κ2) is 10.8. The highest BCUT2D eigenvalue weighted by molar-refractivity contribution is 7.89. The number of fused-ring (bicyclic) bond motifs is 1. The Balaban J connectivity index is 1.17. The van der Waals surface area contributed by atoms with E-state index in [0.717, 1.165) is 37.4 Å². The highest BCUT2D eigenvalue weighted by Crippen LogP contribution is 2.30. The van der Waals surface area contributed by atoms with E-state index in [4.69, 9.17) is 0 Å². The maximum absolute atomic E-state index is 13.5. The second-order valence-corrected chi connectivity index (χ2v) is 11.9. The summed E-state index contributed by atoms with van der Waals surface area (Å²) in [5.41, 5.74) is 1.76. The van der Waals surface area contributed by atoms with E-state index in [1.54, 1.807) is 30.3 Å². The van der Waals surface area contributed by atoms with E-state index < -0.39 is 21.9 Å². The molecule has 0 saturated heterocycles. The zero-order chi connectivity index (χ0) is 27.7. The van der Waals surface area contributed by atoms with Gasteiger partial charge in [0.25, 0.3) is 5.91 Å². The van der Waals surface area contributed by atoms with Crippen LogP contribution >= 0.6 is 0 Å². The van der Waals surface area contributed by atoms with Crippen LogP contribution in [-0.4, -0.2) is 52.0 Å². The normalized spacial score (nSPS) is 19.3. The number of carbonyl (C=O) groups is 1. The van der Waals surface area contributed by atoms with Crippen molar-refractivity contribution in [3.63, 3.8) is 0 Å². The summed E-state index contributed by atoms with van der Waals surface area (Å²) in [5.74, 6) is -0.601. The Kier molecular flexibility index (Phi) is 7.07. The molecule has 1 amide bonds. The lowest BCUT2D eigenvalue weighted by molar-refractivity contribution is 0.102. The minimum absolute atomic E-state index is 0.0804. The lowest BCUT2D eigenvalue weighted by Crippen LogP contribution is -2.40. The van der Waals surface area contributed by atoms with Crippen LogP contribution in [-0.2, 0) is 10.0 Å². The van der Waals surface area contributed by atoms with Gasteiger partial charge in [-0.25, -0.2) is 27.6 Å². The molecule has 0 spiro atoms. The van der Waals surface area contributed by atoms with Crippen molar-refractivity contribution in [3.05, 3.63) is 72.6 Å². The molecule has 3 aromatic heterocycles. The predicted molar refractivity (Wildman–Crippen MR) is 148 cm³/mol. The zero-order valence-electron chi connectivity index (χ0n) is 21.5. The van der Waals surface area contributed by atoms with E-state index >= 15 is 0 Å². The molecule has 2 aliphatic rings. The number of anilines is 3. The fourth-order valence-electron chi connectivity index (χ4n) is 4.87. The first-order valence-electron chi connectivity index (χ1n) is 13.3. The van der Waals surface area contributed by atoms with E-state index in [-0.39, 0.29) is 28.4 Å². The number of hydrogen-bond acceptors (Lipinski definition) is 8. The number of nitrogens with one attached hydrogen (secondary N) is 4. The molecule has 0 atom stereocenters. The van der Waals surface area contributed by atoms with E-state index in [2.05, 4.69) is 35.7 Å². The van der Waals surface area contributed by atoms with Crippen LogP contribution in [0, 0.1) is 5.95 Å². The quantitative estimate of drug-likeness (QED) is 0.225. The number of pyridine rings is 1. The van der Waals surface area contributed by atoms with Crippen molar-refractivity contribution in [2.45, 2.75) is 61.5 Å². The summed E-state index contributed by atoms with van der Waals surface area (Å²) in [5, 5.41) is 14.3. The predicted octanol–water partition coefficient (Wildman–Crippen LogP) is 3.79. The largest absolute Gasteiger partial charge is 0.379 e. The molecule has 11 nitrogen and oxygen atoms in total. The van der Waals surface area contributed by atoms with Crippen LogP contribution in [0.5, 0.6) is 0 Å². The van der Waals surface area contributed by atoms with Gasteiger partial charge in [-0.1, -0.05) is 18.2 Å². The number of nitrogens with zero attached hydrogens (tertiary/aromatic N) is 4. The van der Waals surface area contributed by atoms with Crippen molar-refractivity contribution in [1.29, 1.82) is 0 Å². The fraction of sp³-hybridized carbons (Fsp3) is 0.333. The Bertz CT molecular complexity index is 1630. The van der Waals surface area contributed by atoms with Gasteiger partial charge in [0, 0.05) is 42.1 Å². The molecule has 0 unspecified atom stereocenters. The number of imidazole rings is 1. The van der Waals surface area contributed by atoms with Crippen LogP contribution in [0.3, 0.4) is 0 Å². The maximum Gasteiger partial charge on any atom is 0.276 e. The van der Waals surface area contributed by atoms with Gasteiger partial charge in [-0.15, -0.1) is 5.10 Å². The molecule has 4 N–H and O–H groups in total. The highest BCUT2D eigenvalue weighted by atomic mass is 32.2. The van der Waals surface area contributed by atoms with Crippen LogP contribution in [0.2, 0.25) is 0 Å². The van der Waals surface area contributed by atoms with Gasteiger partial charge in [0.15, 0.2) is 11.3 Å². The number of carbonyl (C=O) groups excluding carboxylic acids is 1. The molecule has 13 heteroatoms. The third-order valence-corrected chi connectivity index (χ3v) is 8.61. The van der Waals surface area contributed by atoms with Crippen molar-refractivity contribution in [2.75, 3.05) is 16.0 Å². The van der Waals surface area contributed by atoms with Gasteiger partial charge < -0.3 is 16.0 Å². The molecular formula is C27H29FN8O3S. The molecule has 0 bridgehead atoms. The highest BCUT2D eigenvalue weighted by Gasteiger charge is 2.28. The molecule has 2 fully saturated rings. The summed E-state index contributed by atoms with van der Waals surface area (Å²) in [7, 11) is -3.57. The minimum atomic E-state index is -3.57. The van der Waals surface area contributed by atoms with Gasteiger partial charge in [0.05, 0.1) is 16.8 Å². The number of hydrogen-bond donors (Lipinski definition) is 4. The summed E-state index contributed by atoms with van der Waals surface area (Å²) in [4.78, 5) is 21.3. The lowest BCUT2D eigenvalue weighted by Gasteiger charge is -2.30. The number of amides is 1. The molecule has 3 heterocycles. The Morgan fingerprint density at radius 2 is 1.60 bits per heavy atom. The number of benzene rings is 1. The van der Waals surface area contributed by atoms with Gasteiger partial charge in [-0.3, -0.25) is 4.79 Å². The maximum atomic E-state index is 13.5. The molecule has 40 heavy (non-hydrogen) atoms. The Hall–Kier alpha value is -4.10. The van der Waals surface area contributed by atoms with E-state index in [9.17, 15) is 17.6 Å². The van der Waals surface area contributed by atoms with E-state index in [1.165, 1.54) is 23.0 Å². The SMILES string of the molecule is O=C(Nc1ccnc(F)c1)c1cnc2c(NC3CC3)cc(NC3CCC(NS(=O)(=O)c4ccccc4)CC3)nn12. The van der Waals surface area contributed by atoms with Crippen LogP contribution in [0.25, 0.3) is 5.65 Å². The minimum Gasteiger partial charge on any atom is -0.379 e. The molecule has 208 valence electrons. The van der Waals surface area contributed by atoms with Crippen LogP contribution < -0.4 is 20.7 Å². The van der Waals surface area contributed by atoms with Gasteiger partial charge in [0.2, 0.25) is 16.0 Å². The number of aromatic nitrogens is 4. The molecule has 0 radical (unpaired) electrons. The monoisotopic (exact) mass is 564 g/mol. The molecule has 4 aromatic rings. The van der Waals surface area contributed by atoms with Gasteiger partial charge in [0.1, 0.15) is 5.82 Å². The number of halogens is 1. The first-order valence-corrected chi connectivity index (χ1v) is 14.7. The Morgan fingerprint density at radius 1 is 0.900 bits per heavy atom. The zero-order valence-corrected chi connectivity index (χ0v) is 22.4. The summed E-state index contributed by atoms with van der Waals surface area (Å²) < 4.78 is 43.3. The van der Waals surface area contributed by atoms with Crippen LogP contribution in [0.15, 0.2) is 65.8 Å². The number of rotatable bonds is 9. The summed E-state index contributed by atoms with van der Waals surface area (Å²) >= 11 is 0.